The van der Waals surface area contributed by atoms with Crippen LogP contribution in [0.25, 0.3) is 0 Å². The highest BCUT2D eigenvalue weighted by atomic mass is 16.5. The second kappa shape index (κ2) is 11.1. The van der Waals surface area contributed by atoms with Crippen LogP contribution in [0.15, 0.2) is 78.9 Å². The van der Waals surface area contributed by atoms with E-state index in [4.69, 9.17) is 4.74 Å². The van der Waals surface area contributed by atoms with Crippen molar-refractivity contribution in [3.05, 3.63) is 95.6 Å². The number of nitrogens with one attached hydrogen (secondary N) is 3. The van der Waals surface area contributed by atoms with Gasteiger partial charge in [-0.25, -0.2) is 4.79 Å². The molecule has 0 bridgehead atoms. The number of anilines is 6. The summed E-state index contributed by atoms with van der Waals surface area (Å²) in [5.74, 6) is 0.858. The van der Waals surface area contributed by atoms with Crippen molar-refractivity contribution in [1.29, 1.82) is 0 Å². The number of nitrogens with zero attached hydrogens (tertiary/aromatic N) is 2. The number of esters is 1. The molecular weight excluding hydrogens is 470 g/mol. The molecule has 37 heavy (non-hydrogen) atoms. The van der Waals surface area contributed by atoms with E-state index in [0.717, 1.165) is 11.4 Å². The Morgan fingerprint density at radius 2 is 0.973 bits per heavy atom. The highest BCUT2D eigenvalue weighted by Gasteiger charge is 2.10. The summed E-state index contributed by atoms with van der Waals surface area (Å²) in [6, 6.07) is 22.6. The third-order valence-electron chi connectivity index (χ3n) is 5.42. The Balaban J connectivity index is 1.62. The van der Waals surface area contributed by atoms with Gasteiger partial charge in [0.1, 0.15) is 11.6 Å². The third kappa shape index (κ3) is 6.55. The summed E-state index contributed by atoms with van der Waals surface area (Å²) in [4.78, 5) is 44.0. The number of ketones is 2. The molecule has 0 radical (unpaired) electrons. The summed E-state index contributed by atoms with van der Waals surface area (Å²) >= 11 is 0. The SMILES string of the molecule is COC(=O)c1ccc(Nc2nc(Nc3ccc(C(C)=O)cc3)cc(Nc3ccc(C(C)=O)cc3)n2)cc1. The number of benzene rings is 3. The van der Waals surface area contributed by atoms with Crippen LogP contribution in [0.5, 0.6) is 0 Å². The quantitative estimate of drug-likeness (QED) is 0.192. The van der Waals surface area contributed by atoms with E-state index < -0.39 is 5.97 Å². The molecule has 0 aliphatic heterocycles. The van der Waals surface area contributed by atoms with Crippen LogP contribution < -0.4 is 16.0 Å². The summed E-state index contributed by atoms with van der Waals surface area (Å²) in [7, 11) is 1.33. The van der Waals surface area contributed by atoms with Gasteiger partial charge < -0.3 is 20.7 Å². The summed E-state index contributed by atoms with van der Waals surface area (Å²) in [5, 5.41) is 9.60. The largest absolute Gasteiger partial charge is 0.465 e. The van der Waals surface area contributed by atoms with Crippen LogP contribution in [0.4, 0.5) is 34.6 Å². The summed E-state index contributed by atoms with van der Waals surface area (Å²) in [6.45, 7) is 3.03. The van der Waals surface area contributed by atoms with Crippen LogP contribution in [0.1, 0.15) is 44.9 Å². The first-order valence-electron chi connectivity index (χ1n) is 11.4. The Hall–Kier alpha value is -5.05. The monoisotopic (exact) mass is 495 g/mol. The molecular formula is C28H25N5O4. The van der Waals surface area contributed by atoms with Gasteiger partial charge >= 0.3 is 5.97 Å². The molecule has 0 atom stereocenters. The average molecular weight is 496 g/mol. The van der Waals surface area contributed by atoms with E-state index in [1.54, 1.807) is 78.9 Å². The lowest BCUT2D eigenvalue weighted by Crippen LogP contribution is -2.05. The number of hydrogen-bond donors (Lipinski definition) is 3. The van der Waals surface area contributed by atoms with Gasteiger partial charge in [0.15, 0.2) is 11.6 Å². The lowest BCUT2D eigenvalue weighted by atomic mass is 10.1. The van der Waals surface area contributed by atoms with Gasteiger partial charge in [-0.05, 0) is 86.6 Å². The number of aromatic nitrogens is 2. The van der Waals surface area contributed by atoms with Gasteiger partial charge in [-0.2, -0.15) is 9.97 Å². The molecule has 4 aromatic rings. The second-order valence-corrected chi connectivity index (χ2v) is 8.17. The van der Waals surface area contributed by atoms with Gasteiger partial charge in [0.25, 0.3) is 0 Å². The molecule has 186 valence electrons. The molecule has 3 aromatic carbocycles. The zero-order valence-corrected chi connectivity index (χ0v) is 20.5. The van der Waals surface area contributed by atoms with E-state index in [9.17, 15) is 14.4 Å². The minimum atomic E-state index is -0.424. The Morgan fingerprint density at radius 3 is 1.35 bits per heavy atom. The average Bonchev–Trinajstić information content (AvgIpc) is 2.89. The molecule has 9 nitrogen and oxygen atoms in total. The topological polar surface area (TPSA) is 122 Å². The molecule has 9 heteroatoms. The highest BCUT2D eigenvalue weighted by Crippen LogP contribution is 2.24. The number of rotatable bonds is 9. The molecule has 0 aliphatic rings. The van der Waals surface area contributed by atoms with E-state index in [0.29, 0.717) is 40.0 Å². The van der Waals surface area contributed by atoms with Crippen molar-refractivity contribution in [3.8, 4) is 0 Å². The number of carbonyl (C=O) groups excluding carboxylic acids is 3. The Labute approximate surface area is 213 Å². The van der Waals surface area contributed by atoms with Gasteiger partial charge in [-0.1, -0.05) is 0 Å². The molecule has 1 heterocycles. The van der Waals surface area contributed by atoms with Crippen molar-refractivity contribution in [2.24, 2.45) is 0 Å². The zero-order valence-electron chi connectivity index (χ0n) is 20.5. The van der Waals surface area contributed by atoms with E-state index in [1.807, 2.05) is 0 Å². The highest BCUT2D eigenvalue weighted by molar-refractivity contribution is 5.95. The van der Waals surface area contributed by atoms with Gasteiger partial charge in [0, 0.05) is 34.3 Å². The maximum atomic E-state index is 11.7. The first kappa shape index (κ1) is 25.1. The lowest BCUT2D eigenvalue weighted by molar-refractivity contribution is 0.0600. The zero-order chi connectivity index (χ0) is 26.4. The van der Waals surface area contributed by atoms with Gasteiger partial charge in [0.05, 0.1) is 12.7 Å². The fraction of sp³-hybridized carbons (Fsp3) is 0.107. The van der Waals surface area contributed by atoms with E-state index in [2.05, 4.69) is 25.9 Å². The number of carbonyl (C=O) groups is 3. The molecule has 0 spiro atoms. The summed E-state index contributed by atoms with van der Waals surface area (Å²) in [6.07, 6.45) is 0. The van der Waals surface area contributed by atoms with Crippen LogP contribution in [0, 0.1) is 0 Å². The van der Waals surface area contributed by atoms with Crippen molar-refractivity contribution >= 4 is 52.2 Å². The van der Waals surface area contributed by atoms with Crippen LogP contribution >= 0.6 is 0 Å². The fourth-order valence-corrected chi connectivity index (χ4v) is 3.44. The minimum absolute atomic E-state index is 0.0134. The number of Topliss-reactive ketones (excluding diaryl/α,β-unsaturated/α-hetero) is 2. The van der Waals surface area contributed by atoms with Gasteiger partial charge in [0.2, 0.25) is 5.95 Å². The second-order valence-electron chi connectivity index (χ2n) is 8.17. The van der Waals surface area contributed by atoms with E-state index >= 15 is 0 Å². The lowest BCUT2D eigenvalue weighted by Gasteiger charge is -2.13. The van der Waals surface area contributed by atoms with Crippen LogP contribution in [-0.2, 0) is 4.74 Å². The molecule has 1 aromatic heterocycles. The molecule has 0 saturated heterocycles. The van der Waals surface area contributed by atoms with Crippen molar-refractivity contribution in [2.45, 2.75) is 13.8 Å². The molecule has 3 N–H and O–H groups in total. The summed E-state index contributed by atoms with van der Waals surface area (Å²) < 4.78 is 4.74. The predicted molar refractivity (Wildman–Crippen MR) is 143 cm³/mol. The van der Waals surface area contributed by atoms with E-state index in [-0.39, 0.29) is 11.6 Å². The molecule has 4 rings (SSSR count). The maximum absolute atomic E-state index is 11.7. The smallest absolute Gasteiger partial charge is 0.337 e. The minimum Gasteiger partial charge on any atom is -0.465 e. The Bertz CT molecular complexity index is 1360. The standard InChI is InChI=1S/C28H25N5O4/c1-17(34)19-4-10-22(11-5-19)29-25-16-26(30-23-12-6-20(7-13-23)18(2)35)33-28(32-25)31-24-14-8-21(9-15-24)27(36)37-3/h4-16H,1-3H3,(H3,29,30,31,32,33). The number of ether oxygens (including phenoxy) is 1. The number of hydrogen-bond acceptors (Lipinski definition) is 9. The van der Waals surface area contributed by atoms with Crippen LogP contribution in [0.2, 0.25) is 0 Å². The molecule has 0 unspecified atom stereocenters. The van der Waals surface area contributed by atoms with Crippen molar-refractivity contribution in [2.75, 3.05) is 23.1 Å². The van der Waals surface area contributed by atoms with Crippen LogP contribution in [-0.4, -0.2) is 34.6 Å². The predicted octanol–water partition coefficient (Wildman–Crippen LogP) is 5.90. The van der Waals surface area contributed by atoms with Gasteiger partial charge in [-0.3, -0.25) is 9.59 Å². The molecule has 0 amide bonds. The molecule has 0 fully saturated rings. The maximum Gasteiger partial charge on any atom is 0.337 e. The van der Waals surface area contributed by atoms with Crippen molar-refractivity contribution in [3.63, 3.8) is 0 Å². The third-order valence-corrected chi connectivity index (χ3v) is 5.42. The van der Waals surface area contributed by atoms with Crippen LogP contribution in [0.3, 0.4) is 0 Å². The normalized spacial score (nSPS) is 10.4. The summed E-state index contributed by atoms with van der Waals surface area (Å²) in [5.41, 5.74) is 3.81. The van der Waals surface area contributed by atoms with Gasteiger partial charge in [-0.15, -0.1) is 0 Å². The number of methoxy groups -OCH3 is 1. The molecule has 0 aliphatic carbocycles. The van der Waals surface area contributed by atoms with Crippen molar-refractivity contribution < 1.29 is 19.1 Å². The Morgan fingerprint density at radius 1 is 0.595 bits per heavy atom. The van der Waals surface area contributed by atoms with Crippen molar-refractivity contribution in [1.82, 2.24) is 9.97 Å². The first-order valence-corrected chi connectivity index (χ1v) is 11.4. The molecule has 0 saturated carbocycles. The first-order chi connectivity index (χ1) is 17.8. The Kier molecular flexibility index (Phi) is 7.53. The van der Waals surface area contributed by atoms with E-state index in [1.165, 1.54) is 21.0 Å². The fourth-order valence-electron chi connectivity index (χ4n) is 3.44.